The van der Waals surface area contributed by atoms with E-state index in [1.807, 2.05) is 11.3 Å². The van der Waals surface area contributed by atoms with Crippen LogP contribution in [-0.2, 0) is 0 Å². The van der Waals surface area contributed by atoms with Gasteiger partial charge in [0.25, 0.3) is 0 Å². The molecule has 14 heavy (non-hydrogen) atoms. The molecule has 0 nitrogen and oxygen atoms in total. The number of hydrogen-bond donors (Lipinski definition) is 0. The van der Waals surface area contributed by atoms with E-state index < -0.39 is 0 Å². The fourth-order valence-electron chi connectivity index (χ4n) is 1.71. The van der Waals surface area contributed by atoms with Gasteiger partial charge >= 0.3 is 0 Å². The number of thiophene rings is 1. The monoisotopic (exact) mass is 202 g/mol. The Balaban J connectivity index is 2.96. The topological polar surface area (TPSA) is 0 Å². The summed E-state index contributed by atoms with van der Waals surface area (Å²) in [7, 11) is 0. The Morgan fingerprint density at radius 3 is 2.79 bits per heavy atom. The van der Waals surface area contributed by atoms with Crippen molar-refractivity contribution in [2.24, 2.45) is 0 Å². The first kappa shape index (κ1) is 9.47. The molecule has 2 rings (SSSR count). The lowest BCUT2D eigenvalue weighted by atomic mass is 10.2. The number of benzene rings is 1. The lowest BCUT2D eigenvalue weighted by molar-refractivity contribution is 1.29. The highest BCUT2D eigenvalue weighted by atomic mass is 32.1. The molecule has 0 aliphatic heterocycles. The van der Waals surface area contributed by atoms with Gasteiger partial charge in [0.15, 0.2) is 0 Å². The van der Waals surface area contributed by atoms with Gasteiger partial charge in [-0.1, -0.05) is 37.3 Å². The lowest BCUT2D eigenvalue weighted by Gasteiger charge is -1.86. The van der Waals surface area contributed by atoms with Crippen LogP contribution in [0.1, 0.15) is 20.3 Å². The standard InChI is InChI=1S/C13H14S/c1-3-7-10-11-8-5-6-9-13(11)14-12(10)4-2/h4-9H,3H2,1-2H3/b10-7-,12-4+. The van der Waals surface area contributed by atoms with Crippen LogP contribution in [0.25, 0.3) is 22.2 Å². The first-order valence-electron chi connectivity index (χ1n) is 5.01. The summed E-state index contributed by atoms with van der Waals surface area (Å²) in [4.78, 5) is 0. The molecule has 0 saturated carbocycles. The maximum absolute atomic E-state index is 2.31. The van der Waals surface area contributed by atoms with Crippen LogP contribution in [0.5, 0.6) is 0 Å². The summed E-state index contributed by atoms with van der Waals surface area (Å²) in [6.07, 6.45) is 5.61. The van der Waals surface area contributed by atoms with Crippen LogP contribution in [0.4, 0.5) is 0 Å². The molecule has 0 unspecified atom stereocenters. The van der Waals surface area contributed by atoms with Crippen molar-refractivity contribution in [2.75, 3.05) is 0 Å². The second-order valence-electron chi connectivity index (χ2n) is 3.28. The Bertz CT molecular complexity index is 546. The van der Waals surface area contributed by atoms with Gasteiger partial charge in [-0.3, -0.25) is 0 Å². The molecular weight excluding hydrogens is 188 g/mol. The Kier molecular flexibility index (Phi) is 2.69. The van der Waals surface area contributed by atoms with E-state index in [0.717, 1.165) is 6.42 Å². The van der Waals surface area contributed by atoms with E-state index in [2.05, 4.69) is 50.3 Å². The molecule has 72 valence electrons. The van der Waals surface area contributed by atoms with Crippen molar-refractivity contribution < 1.29 is 0 Å². The summed E-state index contributed by atoms with van der Waals surface area (Å²) in [5, 5.41) is 2.81. The fraction of sp³-hybridized carbons (Fsp3) is 0.231. The van der Waals surface area contributed by atoms with Crippen molar-refractivity contribution in [1.82, 2.24) is 0 Å². The molecule has 2 aromatic rings. The van der Waals surface area contributed by atoms with E-state index in [-0.39, 0.29) is 0 Å². The summed E-state index contributed by atoms with van der Waals surface area (Å²) in [5.74, 6) is 0. The van der Waals surface area contributed by atoms with Gasteiger partial charge in [0.2, 0.25) is 0 Å². The molecule has 1 aromatic heterocycles. The quantitative estimate of drug-likeness (QED) is 0.667. The molecular formula is C13H14S. The molecule has 0 bridgehead atoms. The summed E-state index contributed by atoms with van der Waals surface area (Å²) < 4.78 is 2.79. The molecule has 0 atom stereocenters. The Labute approximate surface area is 88.2 Å². The zero-order valence-corrected chi connectivity index (χ0v) is 9.40. The second kappa shape index (κ2) is 3.97. The molecule has 1 aromatic carbocycles. The van der Waals surface area contributed by atoms with Gasteiger partial charge in [-0.15, -0.1) is 11.3 Å². The molecule has 0 radical (unpaired) electrons. The van der Waals surface area contributed by atoms with Crippen molar-refractivity contribution >= 4 is 33.6 Å². The number of rotatable bonds is 1. The van der Waals surface area contributed by atoms with Gasteiger partial charge in [-0.25, -0.2) is 0 Å². The van der Waals surface area contributed by atoms with Gasteiger partial charge in [-0.05, 0) is 30.0 Å². The van der Waals surface area contributed by atoms with Crippen molar-refractivity contribution in [3.05, 3.63) is 34.0 Å². The van der Waals surface area contributed by atoms with Gasteiger partial charge in [0.05, 0.1) is 0 Å². The third-order valence-corrected chi connectivity index (χ3v) is 3.58. The maximum atomic E-state index is 2.31. The van der Waals surface area contributed by atoms with E-state index in [1.165, 1.54) is 19.8 Å². The summed E-state index contributed by atoms with van der Waals surface area (Å²) in [5.41, 5.74) is 0. The van der Waals surface area contributed by atoms with Gasteiger partial charge < -0.3 is 0 Å². The lowest BCUT2D eigenvalue weighted by Crippen LogP contribution is -2.17. The highest BCUT2D eigenvalue weighted by Gasteiger charge is 1.97. The van der Waals surface area contributed by atoms with E-state index in [1.54, 1.807) is 0 Å². The van der Waals surface area contributed by atoms with Crippen molar-refractivity contribution in [3.63, 3.8) is 0 Å². The molecule has 0 aliphatic rings. The van der Waals surface area contributed by atoms with Gasteiger partial charge in [0, 0.05) is 9.23 Å². The zero-order chi connectivity index (χ0) is 9.97. The van der Waals surface area contributed by atoms with E-state index in [0.29, 0.717) is 0 Å². The highest BCUT2D eigenvalue weighted by molar-refractivity contribution is 7.17. The van der Waals surface area contributed by atoms with Crippen LogP contribution in [0.15, 0.2) is 24.3 Å². The Morgan fingerprint density at radius 1 is 1.29 bits per heavy atom. The van der Waals surface area contributed by atoms with Crippen LogP contribution in [0.3, 0.4) is 0 Å². The Morgan fingerprint density at radius 2 is 2.07 bits per heavy atom. The third-order valence-electron chi connectivity index (χ3n) is 2.33. The maximum Gasteiger partial charge on any atom is 0.0355 e. The summed E-state index contributed by atoms with van der Waals surface area (Å²) in [6, 6.07) is 8.62. The van der Waals surface area contributed by atoms with Crippen LogP contribution in [-0.4, -0.2) is 0 Å². The van der Waals surface area contributed by atoms with E-state index >= 15 is 0 Å². The number of hydrogen-bond acceptors (Lipinski definition) is 1. The first-order valence-corrected chi connectivity index (χ1v) is 5.82. The highest BCUT2D eigenvalue weighted by Crippen LogP contribution is 2.11. The molecule has 0 aliphatic carbocycles. The zero-order valence-electron chi connectivity index (χ0n) is 8.58. The van der Waals surface area contributed by atoms with Crippen LogP contribution >= 0.6 is 11.3 Å². The van der Waals surface area contributed by atoms with E-state index in [9.17, 15) is 0 Å². The van der Waals surface area contributed by atoms with Crippen LogP contribution in [0, 0.1) is 0 Å². The second-order valence-corrected chi connectivity index (χ2v) is 4.36. The summed E-state index contributed by atoms with van der Waals surface area (Å²) in [6.45, 7) is 4.30. The average Bonchev–Trinajstić information content (AvgIpc) is 2.58. The van der Waals surface area contributed by atoms with Crippen molar-refractivity contribution in [3.8, 4) is 0 Å². The molecule has 0 fully saturated rings. The average molecular weight is 202 g/mol. The van der Waals surface area contributed by atoms with Gasteiger partial charge in [-0.2, -0.15) is 0 Å². The third kappa shape index (κ3) is 1.48. The van der Waals surface area contributed by atoms with Gasteiger partial charge in [0.1, 0.15) is 0 Å². The predicted octanol–water partition coefficient (Wildman–Crippen LogP) is 2.89. The molecule has 1 heteroatoms. The van der Waals surface area contributed by atoms with Crippen molar-refractivity contribution in [2.45, 2.75) is 20.3 Å². The minimum absolute atomic E-state index is 1.10. The van der Waals surface area contributed by atoms with Crippen molar-refractivity contribution in [1.29, 1.82) is 0 Å². The molecule has 0 saturated heterocycles. The number of fused-ring (bicyclic) bond motifs is 1. The predicted molar refractivity (Wildman–Crippen MR) is 66.0 cm³/mol. The normalized spacial score (nSPS) is 14.1. The molecule has 0 spiro atoms. The SMILES string of the molecule is C/C=c1/sc2ccccc2/c1=C/CC. The molecule has 0 amide bonds. The summed E-state index contributed by atoms with van der Waals surface area (Å²) >= 11 is 1.88. The fourth-order valence-corrected chi connectivity index (χ4v) is 2.81. The molecule has 1 heterocycles. The van der Waals surface area contributed by atoms with E-state index in [4.69, 9.17) is 0 Å². The minimum atomic E-state index is 1.10. The largest absolute Gasteiger partial charge is 0.136 e. The first-order chi connectivity index (χ1) is 6.86. The van der Waals surface area contributed by atoms with Crippen LogP contribution in [0.2, 0.25) is 0 Å². The Hall–Kier alpha value is -1.08. The molecule has 0 N–H and O–H groups in total. The van der Waals surface area contributed by atoms with Crippen LogP contribution < -0.4 is 9.75 Å². The smallest absolute Gasteiger partial charge is 0.0355 e. The minimum Gasteiger partial charge on any atom is -0.136 e.